The summed E-state index contributed by atoms with van der Waals surface area (Å²) in [5, 5.41) is 7.47. The molecule has 28 heavy (non-hydrogen) atoms. The van der Waals surface area contributed by atoms with Gasteiger partial charge in [-0.3, -0.25) is 0 Å². The van der Waals surface area contributed by atoms with E-state index in [1.165, 1.54) is 50.5 Å². The Morgan fingerprint density at radius 2 is 1.00 bits per heavy atom. The summed E-state index contributed by atoms with van der Waals surface area (Å²) in [6.07, 6.45) is 2.08. The van der Waals surface area contributed by atoms with Crippen molar-refractivity contribution in [1.82, 2.24) is 0 Å². The zero-order valence-corrected chi connectivity index (χ0v) is 18.2. The minimum absolute atomic E-state index is 1.04. The van der Waals surface area contributed by atoms with E-state index in [-0.39, 0.29) is 0 Å². The van der Waals surface area contributed by atoms with E-state index in [4.69, 9.17) is 0 Å². The van der Waals surface area contributed by atoms with Crippen LogP contribution in [0.3, 0.4) is 0 Å². The molecule has 0 unspecified atom stereocenters. The molecule has 4 heterocycles. The Bertz CT molecular complexity index is 1290. The topological polar surface area (TPSA) is 0 Å². The number of rotatable bonds is 4. The molecule has 136 valence electrons. The fourth-order valence-electron chi connectivity index (χ4n) is 3.82. The molecule has 0 saturated heterocycles. The van der Waals surface area contributed by atoms with Crippen molar-refractivity contribution in [2.45, 2.75) is 12.8 Å². The lowest BCUT2D eigenvalue weighted by Crippen LogP contribution is -1.82. The van der Waals surface area contributed by atoms with Gasteiger partial charge in [-0.1, -0.05) is 36.4 Å². The highest BCUT2D eigenvalue weighted by molar-refractivity contribution is 7.27. The average molecular weight is 433 g/mol. The number of thiophene rings is 4. The van der Waals surface area contributed by atoms with Crippen LogP contribution in [0.25, 0.3) is 29.6 Å². The lowest BCUT2D eigenvalue weighted by Gasteiger charge is -1.98. The van der Waals surface area contributed by atoms with Gasteiger partial charge in [0.25, 0.3) is 0 Å². The molecular weight excluding hydrogens is 417 g/mol. The zero-order valence-electron chi connectivity index (χ0n) is 15.0. The Balaban J connectivity index is 1.28. The minimum atomic E-state index is 1.04. The van der Waals surface area contributed by atoms with Crippen molar-refractivity contribution in [3.05, 3.63) is 92.3 Å². The average Bonchev–Trinajstić information content (AvgIpc) is 3.46. The van der Waals surface area contributed by atoms with Gasteiger partial charge in [-0.2, -0.15) is 0 Å². The molecule has 2 aromatic carbocycles. The van der Waals surface area contributed by atoms with Crippen molar-refractivity contribution in [2.75, 3.05) is 0 Å². The number of hydrogen-bond acceptors (Lipinski definition) is 4. The zero-order chi connectivity index (χ0) is 18.5. The first kappa shape index (κ1) is 16.9. The molecule has 4 heteroatoms. The minimum Gasteiger partial charge on any atom is -0.144 e. The molecule has 0 atom stereocenters. The summed E-state index contributed by atoms with van der Waals surface area (Å²) in [7, 11) is 0. The second kappa shape index (κ2) is 6.82. The first-order chi connectivity index (χ1) is 13.8. The lowest BCUT2D eigenvalue weighted by atomic mass is 10.1. The van der Waals surface area contributed by atoms with Gasteiger partial charge in [-0.25, -0.2) is 0 Å². The van der Waals surface area contributed by atoms with Gasteiger partial charge < -0.3 is 0 Å². The third-order valence-electron chi connectivity index (χ3n) is 5.16. The Morgan fingerprint density at radius 3 is 1.50 bits per heavy atom. The number of benzene rings is 2. The number of fused-ring (bicyclic) bond motifs is 3. The van der Waals surface area contributed by atoms with Crippen LogP contribution in [0.4, 0.5) is 0 Å². The highest BCUT2D eigenvalue weighted by atomic mass is 32.1. The Labute approximate surface area is 179 Å². The maximum Gasteiger partial charge on any atom is 0.0456 e. The second-order valence-corrected chi connectivity index (χ2v) is 11.2. The van der Waals surface area contributed by atoms with E-state index in [1.54, 1.807) is 0 Å². The molecule has 6 aromatic rings. The smallest absolute Gasteiger partial charge is 0.0456 e. The van der Waals surface area contributed by atoms with Gasteiger partial charge >= 0.3 is 0 Å². The third-order valence-corrected chi connectivity index (χ3v) is 9.48. The van der Waals surface area contributed by atoms with Gasteiger partial charge in [-0.05, 0) is 56.9 Å². The van der Waals surface area contributed by atoms with Crippen LogP contribution in [0.5, 0.6) is 0 Å². The Kier molecular flexibility index (Phi) is 4.12. The molecule has 0 nitrogen and oxygen atoms in total. The van der Waals surface area contributed by atoms with Crippen LogP contribution >= 0.6 is 45.3 Å². The quantitative estimate of drug-likeness (QED) is 0.262. The van der Waals surface area contributed by atoms with Crippen LogP contribution in [-0.4, -0.2) is 0 Å². The monoisotopic (exact) mass is 432 g/mol. The molecule has 6 rings (SSSR count). The summed E-state index contributed by atoms with van der Waals surface area (Å²) >= 11 is 7.63. The van der Waals surface area contributed by atoms with Gasteiger partial charge in [0.1, 0.15) is 0 Å². The molecule has 0 amide bonds. The highest BCUT2D eigenvalue weighted by Crippen LogP contribution is 2.38. The highest BCUT2D eigenvalue weighted by Gasteiger charge is 2.12. The molecule has 0 aliphatic carbocycles. The normalized spacial score (nSPS) is 11.9. The van der Waals surface area contributed by atoms with Crippen molar-refractivity contribution < 1.29 is 0 Å². The summed E-state index contributed by atoms with van der Waals surface area (Å²) < 4.78 is 5.66. The molecule has 0 N–H and O–H groups in total. The summed E-state index contributed by atoms with van der Waals surface area (Å²) in [4.78, 5) is 2.94. The van der Waals surface area contributed by atoms with Crippen LogP contribution in [0.1, 0.15) is 20.9 Å². The second-order valence-electron chi connectivity index (χ2n) is 7.02. The summed E-state index contributed by atoms with van der Waals surface area (Å²) in [5.41, 5.74) is 2.92. The van der Waals surface area contributed by atoms with Crippen LogP contribution in [-0.2, 0) is 12.8 Å². The van der Waals surface area contributed by atoms with Gasteiger partial charge in [-0.15, -0.1) is 45.3 Å². The van der Waals surface area contributed by atoms with Crippen molar-refractivity contribution in [2.24, 2.45) is 0 Å². The molecule has 0 fully saturated rings. The summed E-state index contributed by atoms with van der Waals surface area (Å²) in [6.45, 7) is 0. The lowest BCUT2D eigenvalue weighted by molar-refractivity contribution is 1.29. The van der Waals surface area contributed by atoms with E-state index in [1.807, 2.05) is 45.3 Å². The summed E-state index contributed by atoms with van der Waals surface area (Å²) in [6, 6.07) is 22.3. The van der Waals surface area contributed by atoms with E-state index < -0.39 is 0 Å². The standard InChI is InChI=1S/C24H16S4/c1-3-7-21-19(5-1)15(13-25-21)9-17-11-23-24(27-17)12-18(28-23)10-16-14-26-22-8-4-2-6-20(16)22/h1-8,11-14H,9-10H2. The van der Waals surface area contributed by atoms with Crippen molar-refractivity contribution in [3.8, 4) is 0 Å². The fraction of sp³-hybridized carbons (Fsp3) is 0.0833. The number of hydrogen-bond donors (Lipinski definition) is 0. The van der Waals surface area contributed by atoms with E-state index in [0.29, 0.717) is 0 Å². The Morgan fingerprint density at radius 1 is 0.536 bits per heavy atom. The molecule has 0 bridgehead atoms. The molecule has 0 radical (unpaired) electrons. The van der Waals surface area contributed by atoms with Crippen LogP contribution < -0.4 is 0 Å². The van der Waals surface area contributed by atoms with Gasteiger partial charge in [0, 0.05) is 41.4 Å². The predicted octanol–water partition coefficient (Wildman–Crippen LogP) is 8.57. The maximum atomic E-state index is 2.41. The van der Waals surface area contributed by atoms with E-state index in [9.17, 15) is 0 Å². The summed E-state index contributed by atoms with van der Waals surface area (Å²) in [5.74, 6) is 0. The van der Waals surface area contributed by atoms with Gasteiger partial charge in [0.15, 0.2) is 0 Å². The maximum absolute atomic E-state index is 2.41. The molecule has 0 aliphatic rings. The third kappa shape index (κ3) is 2.92. The van der Waals surface area contributed by atoms with Gasteiger partial charge in [0.2, 0.25) is 0 Å². The Hall–Kier alpha value is -1.98. The van der Waals surface area contributed by atoms with Gasteiger partial charge in [0.05, 0.1) is 0 Å². The molecule has 4 aromatic heterocycles. The fourth-order valence-corrected chi connectivity index (χ4v) is 8.24. The molecule has 0 saturated carbocycles. The molecule has 0 aliphatic heterocycles. The van der Waals surface area contributed by atoms with Crippen LogP contribution in [0.2, 0.25) is 0 Å². The van der Waals surface area contributed by atoms with Crippen LogP contribution in [0.15, 0.2) is 71.4 Å². The van der Waals surface area contributed by atoms with E-state index in [2.05, 4.69) is 71.4 Å². The van der Waals surface area contributed by atoms with Crippen molar-refractivity contribution >= 4 is 74.9 Å². The molecule has 0 spiro atoms. The van der Waals surface area contributed by atoms with E-state index >= 15 is 0 Å². The van der Waals surface area contributed by atoms with Crippen molar-refractivity contribution in [3.63, 3.8) is 0 Å². The first-order valence-corrected chi connectivity index (χ1v) is 12.6. The first-order valence-electron chi connectivity index (χ1n) is 9.25. The van der Waals surface area contributed by atoms with E-state index in [0.717, 1.165) is 12.8 Å². The largest absolute Gasteiger partial charge is 0.144 e. The van der Waals surface area contributed by atoms with Crippen LogP contribution in [0, 0.1) is 0 Å². The van der Waals surface area contributed by atoms with Crippen molar-refractivity contribution in [1.29, 1.82) is 0 Å². The predicted molar refractivity (Wildman–Crippen MR) is 129 cm³/mol. The SMILES string of the molecule is c1ccc2c(Cc3cc4sc(Cc5csc6ccccc56)cc4s3)csc2c1. The molecular formula is C24H16S4.